The summed E-state index contributed by atoms with van der Waals surface area (Å²) in [5, 5.41) is 0. The van der Waals surface area contributed by atoms with Gasteiger partial charge in [-0.25, -0.2) is 0 Å². The Balaban J connectivity index is 3.12. The van der Waals surface area contributed by atoms with E-state index in [2.05, 4.69) is 0 Å². The van der Waals surface area contributed by atoms with Crippen molar-refractivity contribution in [2.75, 3.05) is 0 Å². The Hall–Kier alpha value is 0.0600. The van der Waals surface area contributed by atoms with E-state index in [1.807, 2.05) is 26.8 Å². The van der Waals surface area contributed by atoms with Crippen LogP contribution >= 0.6 is 23.2 Å². The largest absolute Gasteiger partial charge is 0.158 e. The molecule has 0 fully saturated rings. The Labute approximate surface area is 71.5 Å². The van der Waals surface area contributed by atoms with Gasteiger partial charge in [-0.2, -0.15) is 0 Å². The van der Waals surface area contributed by atoms with Crippen LogP contribution in [-0.2, 0) is 0 Å². The van der Waals surface area contributed by atoms with Gasteiger partial charge in [0.2, 0.25) is 0 Å². The third kappa shape index (κ3) is 1.11. The van der Waals surface area contributed by atoms with Gasteiger partial charge < -0.3 is 0 Å². The van der Waals surface area contributed by atoms with Crippen LogP contribution in [0.2, 0.25) is 0 Å². The lowest BCUT2D eigenvalue weighted by Crippen LogP contribution is -2.06. The zero-order valence-electron chi connectivity index (χ0n) is 6.33. The molecule has 0 saturated carbocycles. The van der Waals surface area contributed by atoms with Crippen LogP contribution in [0.15, 0.2) is 22.8 Å². The minimum atomic E-state index is -0.742. The summed E-state index contributed by atoms with van der Waals surface area (Å²) in [7, 11) is 0. The van der Waals surface area contributed by atoms with Crippen molar-refractivity contribution in [1.82, 2.24) is 0 Å². The lowest BCUT2D eigenvalue weighted by atomic mass is 10.1. The van der Waals surface area contributed by atoms with E-state index < -0.39 is 4.33 Å². The molecule has 0 amide bonds. The maximum Gasteiger partial charge on any atom is 0.158 e. The summed E-state index contributed by atoms with van der Waals surface area (Å²) in [6, 6.07) is 0. The zero-order valence-corrected chi connectivity index (χ0v) is 7.85. The van der Waals surface area contributed by atoms with Crippen LogP contribution in [0.4, 0.5) is 0 Å². The van der Waals surface area contributed by atoms with Gasteiger partial charge in [0.15, 0.2) is 4.33 Å². The summed E-state index contributed by atoms with van der Waals surface area (Å²) >= 11 is 11.9. The number of alkyl halides is 2. The van der Waals surface area contributed by atoms with Crippen molar-refractivity contribution < 1.29 is 0 Å². The molecule has 0 aliphatic heterocycles. The Morgan fingerprint density at radius 1 is 1.20 bits per heavy atom. The molecule has 0 unspecified atom stereocenters. The maximum atomic E-state index is 5.94. The molecule has 2 heteroatoms. The minimum absolute atomic E-state index is 0.742. The van der Waals surface area contributed by atoms with Crippen molar-refractivity contribution in [1.29, 1.82) is 0 Å². The van der Waals surface area contributed by atoms with Gasteiger partial charge in [-0.15, -0.1) is 0 Å². The van der Waals surface area contributed by atoms with Gasteiger partial charge in [-0.1, -0.05) is 23.2 Å². The first-order chi connectivity index (χ1) is 4.45. The predicted molar refractivity (Wildman–Crippen MR) is 46.6 cm³/mol. The van der Waals surface area contributed by atoms with Crippen LogP contribution in [0.1, 0.15) is 20.8 Å². The van der Waals surface area contributed by atoms with E-state index in [1.54, 1.807) is 0 Å². The lowest BCUT2D eigenvalue weighted by molar-refractivity contribution is 1.14. The monoisotopic (exact) mass is 176 g/mol. The number of allylic oxidation sites excluding steroid dienone is 4. The summed E-state index contributed by atoms with van der Waals surface area (Å²) in [5.41, 5.74) is 3.45. The van der Waals surface area contributed by atoms with E-state index >= 15 is 0 Å². The van der Waals surface area contributed by atoms with Gasteiger partial charge in [-0.3, -0.25) is 0 Å². The number of rotatable bonds is 0. The van der Waals surface area contributed by atoms with E-state index in [0.717, 1.165) is 5.57 Å². The molecule has 1 rings (SSSR count). The predicted octanol–water partition coefficient (Wildman–Crippen LogP) is 3.46. The molecule has 1 aliphatic carbocycles. The van der Waals surface area contributed by atoms with Crippen molar-refractivity contribution in [2.45, 2.75) is 25.1 Å². The van der Waals surface area contributed by atoms with Crippen LogP contribution in [0.5, 0.6) is 0 Å². The number of hydrogen-bond donors (Lipinski definition) is 0. The van der Waals surface area contributed by atoms with Crippen molar-refractivity contribution >= 4 is 23.2 Å². The first-order valence-electron chi connectivity index (χ1n) is 3.21. The van der Waals surface area contributed by atoms with Gasteiger partial charge in [0.25, 0.3) is 0 Å². The third-order valence-electron chi connectivity index (χ3n) is 2.05. The second-order valence-corrected chi connectivity index (χ2v) is 4.09. The topological polar surface area (TPSA) is 0 Å². The second kappa shape index (κ2) is 2.28. The molecule has 0 radical (unpaired) electrons. The fourth-order valence-corrected chi connectivity index (χ4v) is 1.64. The van der Waals surface area contributed by atoms with Gasteiger partial charge in [0, 0.05) is 0 Å². The van der Waals surface area contributed by atoms with E-state index in [-0.39, 0.29) is 0 Å². The van der Waals surface area contributed by atoms with E-state index in [1.165, 1.54) is 11.1 Å². The highest BCUT2D eigenvalue weighted by atomic mass is 35.5. The third-order valence-corrected chi connectivity index (χ3v) is 2.84. The molecule has 0 nitrogen and oxygen atoms in total. The molecule has 10 heavy (non-hydrogen) atoms. The summed E-state index contributed by atoms with van der Waals surface area (Å²) in [4.78, 5) is 0. The second-order valence-electron chi connectivity index (χ2n) is 2.70. The van der Waals surface area contributed by atoms with E-state index in [4.69, 9.17) is 23.2 Å². The lowest BCUT2D eigenvalue weighted by Gasteiger charge is -2.10. The molecule has 0 aromatic heterocycles. The molecular weight excluding hydrogens is 167 g/mol. The van der Waals surface area contributed by atoms with E-state index in [0.29, 0.717) is 0 Å². The van der Waals surface area contributed by atoms with Gasteiger partial charge in [-0.05, 0) is 43.6 Å². The van der Waals surface area contributed by atoms with Gasteiger partial charge >= 0.3 is 0 Å². The molecule has 0 heterocycles. The summed E-state index contributed by atoms with van der Waals surface area (Å²) in [6.07, 6.45) is 1.88. The molecule has 0 aromatic rings. The van der Waals surface area contributed by atoms with Crippen molar-refractivity contribution in [3.05, 3.63) is 22.8 Å². The first kappa shape index (κ1) is 8.16. The average Bonchev–Trinajstić information content (AvgIpc) is 1.95. The molecule has 1 aliphatic rings. The van der Waals surface area contributed by atoms with Gasteiger partial charge in [0.1, 0.15) is 0 Å². The summed E-state index contributed by atoms with van der Waals surface area (Å²) in [6.45, 7) is 6.02. The highest BCUT2D eigenvalue weighted by Crippen LogP contribution is 2.41. The van der Waals surface area contributed by atoms with Crippen molar-refractivity contribution in [3.8, 4) is 0 Å². The standard InChI is InChI=1S/C8H10Cl2/c1-5-4-8(9,10)7(3)6(5)2/h4H,1-3H3. The zero-order chi connectivity index (χ0) is 7.94. The van der Waals surface area contributed by atoms with Crippen molar-refractivity contribution in [2.24, 2.45) is 0 Å². The SMILES string of the molecule is CC1=CC(Cl)(Cl)C(C)=C1C. The smallest absolute Gasteiger partial charge is 0.0919 e. The Morgan fingerprint density at radius 2 is 1.70 bits per heavy atom. The normalized spacial score (nSPS) is 23.5. The average molecular weight is 177 g/mol. The van der Waals surface area contributed by atoms with Crippen molar-refractivity contribution in [3.63, 3.8) is 0 Å². The molecule has 0 N–H and O–H groups in total. The molecule has 0 bridgehead atoms. The Morgan fingerprint density at radius 3 is 1.80 bits per heavy atom. The fraction of sp³-hybridized carbons (Fsp3) is 0.500. The summed E-state index contributed by atoms with van der Waals surface area (Å²) < 4.78 is -0.742. The van der Waals surface area contributed by atoms with Crippen LogP contribution in [-0.4, -0.2) is 4.33 Å². The molecule has 0 atom stereocenters. The quantitative estimate of drug-likeness (QED) is 0.497. The Bertz CT molecular complexity index is 221. The highest BCUT2D eigenvalue weighted by molar-refractivity contribution is 6.52. The minimum Gasteiger partial charge on any atom is -0.0919 e. The van der Waals surface area contributed by atoms with Crippen LogP contribution in [0.3, 0.4) is 0 Å². The fourth-order valence-electron chi connectivity index (χ4n) is 1.03. The van der Waals surface area contributed by atoms with Crippen LogP contribution in [0, 0.1) is 0 Å². The Kier molecular flexibility index (Phi) is 1.86. The molecule has 0 aromatic carbocycles. The first-order valence-corrected chi connectivity index (χ1v) is 3.96. The number of hydrogen-bond acceptors (Lipinski definition) is 0. The number of halogens is 2. The summed E-state index contributed by atoms with van der Waals surface area (Å²) in [5.74, 6) is 0. The molecule has 0 spiro atoms. The molecule has 56 valence electrons. The highest BCUT2D eigenvalue weighted by Gasteiger charge is 2.30. The van der Waals surface area contributed by atoms with Crippen LogP contribution < -0.4 is 0 Å². The van der Waals surface area contributed by atoms with Gasteiger partial charge in [0.05, 0.1) is 0 Å². The molecular formula is C8H10Cl2. The van der Waals surface area contributed by atoms with Crippen LogP contribution in [0.25, 0.3) is 0 Å². The maximum absolute atomic E-state index is 5.94. The molecule has 0 saturated heterocycles. The van der Waals surface area contributed by atoms with E-state index in [9.17, 15) is 0 Å².